The maximum atomic E-state index is 13.6. The summed E-state index contributed by atoms with van der Waals surface area (Å²) in [5.41, 5.74) is 0.547. The van der Waals surface area contributed by atoms with Crippen LogP contribution < -0.4 is 5.32 Å². The van der Waals surface area contributed by atoms with E-state index in [4.69, 9.17) is 0 Å². The molecule has 0 aliphatic heterocycles. The van der Waals surface area contributed by atoms with Crippen molar-refractivity contribution in [2.45, 2.75) is 51.5 Å². The van der Waals surface area contributed by atoms with Crippen LogP contribution in [0.3, 0.4) is 0 Å². The predicted octanol–water partition coefficient (Wildman–Crippen LogP) is 3.84. The Morgan fingerprint density at radius 3 is 2.71 bits per heavy atom. The minimum Gasteiger partial charge on any atom is -0.312 e. The summed E-state index contributed by atoms with van der Waals surface area (Å²) in [6.07, 6.45) is 8.78. The maximum absolute atomic E-state index is 13.6. The highest BCUT2D eigenvalue weighted by atomic mass is 19.1. The largest absolute Gasteiger partial charge is 0.312 e. The van der Waals surface area contributed by atoms with Crippen molar-refractivity contribution in [2.24, 2.45) is 0 Å². The van der Waals surface area contributed by atoms with E-state index in [1.165, 1.54) is 31.7 Å². The molecule has 1 unspecified atom stereocenters. The molecule has 17 heavy (non-hydrogen) atoms. The molecule has 2 nitrogen and oxygen atoms in total. The second-order valence-corrected chi connectivity index (χ2v) is 4.41. The Morgan fingerprint density at radius 2 is 2.06 bits per heavy atom. The quantitative estimate of drug-likeness (QED) is 0.696. The van der Waals surface area contributed by atoms with E-state index in [0.717, 1.165) is 12.8 Å². The topological polar surface area (TPSA) is 24.9 Å². The third kappa shape index (κ3) is 4.82. The van der Waals surface area contributed by atoms with E-state index in [9.17, 15) is 4.39 Å². The number of nitrogens with zero attached hydrogens (tertiary/aromatic N) is 1. The van der Waals surface area contributed by atoms with Gasteiger partial charge < -0.3 is 5.32 Å². The predicted molar refractivity (Wildman–Crippen MR) is 69.4 cm³/mol. The average Bonchev–Trinajstić information content (AvgIpc) is 2.35. The van der Waals surface area contributed by atoms with Crippen LogP contribution >= 0.6 is 0 Å². The van der Waals surface area contributed by atoms with Crippen LogP contribution in [0.25, 0.3) is 0 Å². The first kappa shape index (κ1) is 14.1. The fourth-order valence-corrected chi connectivity index (χ4v) is 2.02. The first-order valence-electron chi connectivity index (χ1n) is 6.57. The van der Waals surface area contributed by atoms with Crippen LogP contribution in [0.2, 0.25) is 0 Å². The van der Waals surface area contributed by atoms with Gasteiger partial charge in [0, 0.05) is 6.20 Å². The van der Waals surface area contributed by atoms with Crippen molar-refractivity contribution in [2.75, 3.05) is 7.05 Å². The van der Waals surface area contributed by atoms with Crippen molar-refractivity contribution in [3.8, 4) is 0 Å². The number of unbranched alkanes of at least 4 members (excludes halogenated alkanes) is 4. The molecule has 1 aromatic rings. The zero-order valence-electron chi connectivity index (χ0n) is 10.9. The summed E-state index contributed by atoms with van der Waals surface area (Å²) in [6.45, 7) is 2.21. The van der Waals surface area contributed by atoms with Crippen LogP contribution in [0.4, 0.5) is 4.39 Å². The average molecular weight is 238 g/mol. The highest BCUT2D eigenvalue weighted by molar-refractivity contribution is 5.11. The fraction of sp³-hybridized carbons (Fsp3) is 0.643. The molecule has 0 aliphatic rings. The van der Waals surface area contributed by atoms with Crippen molar-refractivity contribution in [1.29, 1.82) is 0 Å². The van der Waals surface area contributed by atoms with E-state index >= 15 is 0 Å². The van der Waals surface area contributed by atoms with Gasteiger partial charge >= 0.3 is 0 Å². The van der Waals surface area contributed by atoms with Gasteiger partial charge in [-0.05, 0) is 25.6 Å². The second-order valence-electron chi connectivity index (χ2n) is 4.41. The van der Waals surface area contributed by atoms with Gasteiger partial charge in [-0.2, -0.15) is 0 Å². The van der Waals surface area contributed by atoms with E-state index in [2.05, 4.69) is 17.2 Å². The number of hydrogen-bond acceptors (Lipinski definition) is 2. The van der Waals surface area contributed by atoms with E-state index in [1.807, 2.05) is 7.05 Å². The van der Waals surface area contributed by atoms with Gasteiger partial charge in [0.2, 0.25) is 0 Å². The molecule has 0 aliphatic carbocycles. The van der Waals surface area contributed by atoms with Crippen LogP contribution in [0.15, 0.2) is 18.3 Å². The zero-order valence-corrected chi connectivity index (χ0v) is 10.9. The Hall–Kier alpha value is -0.960. The Labute approximate surface area is 104 Å². The molecule has 0 aromatic carbocycles. The third-order valence-corrected chi connectivity index (χ3v) is 3.06. The maximum Gasteiger partial charge on any atom is 0.146 e. The smallest absolute Gasteiger partial charge is 0.146 e. The molecule has 0 bridgehead atoms. The van der Waals surface area contributed by atoms with Crippen molar-refractivity contribution >= 4 is 0 Å². The lowest BCUT2D eigenvalue weighted by molar-refractivity contribution is 0.466. The molecule has 96 valence electrons. The number of nitrogens with one attached hydrogen (secondary N) is 1. The van der Waals surface area contributed by atoms with Gasteiger partial charge in [-0.15, -0.1) is 0 Å². The Morgan fingerprint density at radius 1 is 1.29 bits per heavy atom. The number of hydrogen-bond donors (Lipinski definition) is 1. The Bertz CT molecular complexity index is 315. The van der Waals surface area contributed by atoms with Gasteiger partial charge in [0.15, 0.2) is 0 Å². The second kappa shape index (κ2) is 8.18. The molecule has 0 fully saturated rings. The van der Waals surface area contributed by atoms with Gasteiger partial charge in [0.1, 0.15) is 5.82 Å². The molecule has 1 atom stereocenters. The number of halogens is 1. The third-order valence-electron chi connectivity index (χ3n) is 3.06. The lowest BCUT2D eigenvalue weighted by Gasteiger charge is -2.15. The molecule has 3 heteroatoms. The molecular weight excluding hydrogens is 215 g/mol. The Balaban J connectivity index is 2.41. The molecule has 0 spiro atoms. The van der Waals surface area contributed by atoms with Gasteiger partial charge in [0.25, 0.3) is 0 Å². The summed E-state index contributed by atoms with van der Waals surface area (Å²) in [5.74, 6) is -0.208. The highest BCUT2D eigenvalue weighted by Crippen LogP contribution is 2.20. The molecule has 1 N–H and O–H groups in total. The summed E-state index contributed by atoms with van der Waals surface area (Å²) >= 11 is 0. The molecule has 1 rings (SSSR count). The van der Waals surface area contributed by atoms with Crippen molar-refractivity contribution in [3.63, 3.8) is 0 Å². The number of rotatable bonds is 8. The summed E-state index contributed by atoms with van der Waals surface area (Å²) < 4.78 is 13.6. The molecule has 1 aromatic heterocycles. The van der Waals surface area contributed by atoms with E-state index in [-0.39, 0.29) is 11.9 Å². The van der Waals surface area contributed by atoms with Crippen LogP contribution in [0.5, 0.6) is 0 Å². The summed E-state index contributed by atoms with van der Waals surface area (Å²) in [5, 5.41) is 3.15. The SMILES string of the molecule is CCCCCCCC(NC)c1ncccc1F. The number of pyridine rings is 1. The first-order chi connectivity index (χ1) is 8.29. The van der Waals surface area contributed by atoms with Gasteiger partial charge in [-0.25, -0.2) is 4.39 Å². The van der Waals surface area contributed by atoms with Crippen LogP contribution in [0, 0.1) is 5.82 Å². The summed E-state index contributed by atoms with van der Waals surface area (Å²) in [6, 6.07) is 3.15. The summed E-state index contributed by atoms with van der Waals surface area (Å²) in [7, 11) is 1.87. The van der Waals surface area contributed by atoms with Crippen LogP contribution in [-0.4, -0.2) is 12.0 Å². The molecule has 0 saturated carbocycles. The molecule has 0 saturated heterocycles. The summed E-state index contributed by atoms with van der Waals surface area (Å²) in [4.78, 5) is 4.13. The standard InChI is InChI=1S/C14H23FN2/c1-3-4-5-6-7-10-13(16-2)14-12(15)9-8-11-17-14/h8-9,11,13,16H,3-7,10H2,1-2H3. The number of aromatic nitrogens is 1. The van der Waals surface area contributed by atoms with E-state index in [1.54, 1.807) is 12.3 Å². The van der Waals surface area contributed by atoms with E-state index in [0.29, 0.717) is 5.69 Å². The fourth-order valence-electron chi connectivity index (χ4n) is 2.02. The lowest BCUT2D eigenvalue weighted by Crippen LogP contribution is -2.19. The van der Waals surface area contributed by atoms with E-state index < -0.39 is 0 Å². The molecule has 0 amide bonds. The first-order valence-corrected chi connectivity index (χ1v) is 6.57. The van der Waals surface area contributed by atoms with Crippen molar-refractivity contribution in [3.05, 3.63) is 29.8 Å². The van der Waals surface area contributed by atoms with Gasteiger partial charge in [-0.1, -0.05) is 39.0 Å². The highest BCUT2D eigenvalue weighted by Gasteiger charge is 2.14. The van der Waals surface area contributed by atoms with Gasteiger partial charge in [0.05, 0.1) is 11.7 Å². The van der Waals surface area contributed by atoms with Crippen LogP contribution in [-0.2, 0) is 0 Å². The van der Waals surface area contributed by atoms with Crippen molar-refractivity contribution in [1.82, 2.24) is 10.3 Å². The Kier molecular flexibility index (Phi) is 6.78. The normalized spacial score (nSPS) is 12.6. The molecule has 1 heterocycles. The zero-order chi connectivity index (χ0) is 12.5. The van der Waals surface area contributed by atoms with Crippen LogP contribution in [0.1, 0.15) is 57.2 Å². The minimum atomic E-state index is -0.208. The lowest BCUT2D eigenvalue weighted by atomic mass is 10.0. The molecular formula is C14H23FN2. The molecule has 0 radical (unpaired) electrons. The minimum absolute atomic E-state index is 0.0397. The monoisotopic (exact) mass is 238 g/mol. The van der Waals surface area contributed by atoms with Gasteiger partial charge in [-0.3, -0.25) is 4.98 Å². The van der Waals surface area contributed by atoms with Crippen molar-refractivity contribution < 1.29 is 4.39 Å².